The van der Waals surface area contributed by atoms with Crippen LogP contribution in [0.15, 0.2) is 42.7 Å². The summed E-state index contributed by atoms with van der Waals surface area (Å²) in [7, 11) is 0. The maximum atomic E-state index is 6.20. The smallest absolute Gasteiger partial charge is 0.0336 e. The molecule has 0 fully saturated rings. The monoisotopic (exact) mass is 226 g/mol. The highest BCUT2D eigenvalue weighted by molar-refractivity contribution is 5.30. The molecule has 0 spiro atoms. The fourth-order valence-corrected chi connectivity index (χ4v) is 2.17. The summed E-state index contributed by atoms with van der Waals surface area (Å²) in [5, 5.41) is 0. The molecule has 2 aromatic rings. The van der Waals surface area contributed by atoms with E-state index in [0.717, 1.165) is 12.0 Å². The molecule has 1 heterocycles. The van der Waals surface area contributed by atoms with Crippen LogP contribution in [0.3, 0.4) is 0 Å². The molecule has 0 saturated heterocycles. The van der Waals surface area contributed by atoms with Crippen molar-refractivity contribution in [2.45, 2.75) is 26.3 Å². The molecule has 0 amide bonds. The van der Waals surface area contributed by atoms with E-state index < -0.39 is 0 Å². The largest absolute Gasteiger partial charge is 0.324 e. The Morgan fingerprint density at radius 2 is 1.65 bits per heavy atom. The van der Waals surface area contributed by atoms with Crippen molar-refractivity contribution >= 4 is 0 Å². The third-order valence-electron chi connectivity index (χ3n) is 2.87. The van der Waals surface area contributed by atoms with Crippen LogP contribution < -0.4 is 5.73 Å². The third-order valence-corrected chi connectivity index (χ3v) is 2.87. The van der Waals surface area contributed by atoms with Crippen molar-refractivity contribution in [1.82, 2.24) is 4.98 Å². The fraction of sp³-hybridized carbons (Fsp3) is 0.267. The molecule has 17 heavy (non-hydrogen) atoms. The maximum absolute atomic E-state index is 6.20. The van der Waals surface area contributed by atoms with E-state index in [1.54, 1.807) is 12.4 Å². The molecule has 0 aliphatic carbocycles. The molecule has 0 bridgehead atoms. The number of hydrogen-bond donors (Lipinski definition) is 1. The zero-order valence-corrected chi connectivity index (χ0v) is 10.4. The molecule has 0 radical (unpaired) electrons. The number of nitrogens with zero attached hydrogens (tertiary/aromatic N) is 1. The van der Waals surface area contributed by atoms with Crippen molar-refractivity contribution in [3.63, 3.8) is 0 Å². The number of rotatable bonds is 3. The summed E-state index contributed by atoms with van der Waals surface area (Å²) < 4.78 is 0. The summed E-state index contributed by atoms with van der Waals surface area (Å²) in [6, 6.07) is 10.6. The van der Waals surface area contributed by atoms with Crippen LogP contribution in [0.25, 0.3) is 0 Å². The molecule has 88 valence electrons. The van der Waals surface area contributed by atoms with E-state index in [2.05, 4.69) is 37.0 Å². The van der Waals surface area contributed by atoms with Crippen molar-refractivity contribution in [1.29, 1.82) is 0 Å². The van der Waals surface area contributed by atoms with E-state index in [-0.39, 0.29) is 6.04 Å². The lowest BCUT2D eigenvalue weighted by Crippen LogP contribution is -2.13. The lowest BCUT2D eigenvalue weighted by atomic mass is 9.98. The first-order valence-electron chi connectivity index (χ1n) is 5.88. The second kappa shape index (κ2) is 5.11. The molecule has 2 nitrogen and oxygen atoms in total. The first-order valence-corrected chi connectivity index (χ1v) is 5.88. The second-order valence-electron chi connectivity index (χ2n) is 4.59. The Morgan fingerprint density at radius 1 is 1.06 bits per heavy atom. The average molecular weight is 226 g/mol. The summed E-state index contributed by atoms with van der Waals surface area (Å²) >= 11 is 0. The van der Waals surface area contributed by atoms with Gasteiger partial charge in [0.1, 0.15) is 0 Å². The van der Waals surface area contributed by atoms with Crippen molar-refractivity contribution in [2.24, 2.45) is 5.73 Å². The predicted octanol–water partition coefficient (Wildman–Crippen LogP) is 2.94. The van der Waals surface area contributed by atoms with Gasteiger partial charge in [-0.15, -0.1) is 0 Å². The Labute approximate surface area is 103 Å². The van der Waals surface area contributed by atoms with Crippen LogP contribution in [-0.2, 0) is 6.42 Å². The minimum absolute atomic E-state index is 0.0409. The lowest BCUT2D eigenvalue weighted by Gasteiger charge is -2.13. The van der Waals surface area contributed by atoms with Crippen LogP contribution in [0.4, 0.5) is 0 Å². The van der Waals surface area contributed by atoms with Crippen molar-refractivity contribution in [2.75, 3.05) is 0 Å². The van der Waals surface area contributed by atoms with Crippen LogP contribution in [0.5, 0.6) is 0 Å². The lowest BCUT2D eigenvalue weighted by molar-refractivity contribution is 0.719. The normalized spacial score (nSPS) is 12.4. The van der Waals surface area contributed by atoms with E-state index in [0.29, 0.717) is 0 Å². The molecule has 2 rings (SSSR count). The molecule has 0 aliphatic rings. The SMILES string of the molecule is Cc1cc(C)cc(CC(N)c2ccncc2)c1. The molecule has 1 unspecified atom stereocenters. The minimum atomic E-state index is 0.0409. The summed E-state index contributed by atoms with van der Waals surface area (Å²) in [5.41, 5.74) is 11.2. The quantitative estimate of drug-likeness (QED) is 0.874. The Bertz CT molecular complexity index is 471. The highest BCUT2D eigenvalue weighted by Crippen LogP contribution is 2.17. The van der Waals surface area contributed by atoms with E-state index in [1.165, 1.54) is 16.7 Å². The van der Waals surface area contributed by atoms with Gasteiger partial charge in [-0.05, 0) is 43.5 Å². The van der Waals surface area contributed by atoms with Crippen molar-refractivity contribution in [3.8, 4) is 0 Å². The summed E-state index contributed by atoms with van der Waals surface area (Å²) in [6.07, 6.45) is 4.44. The van der Waals surface area contributed by atoms with Crippen molar-refractivity contribution in [3.05, 3.63) is 65.0 Å². The number of aryl methyl sites for hydroxylation is 2. The Kier molecular flexibility index (Phi) is 3.55. The highest BCUT2D eigenvalue weighted by atomic mass is 14.6. The first kappa shape index (κ1) is 11.8. The topological polar surface area (TPSA) is 38.9 Å². The van der Waals surface area contributed by atoms with Crippen LogP contribution >= 0.6 is 0 Å². The van der Waals surface area contributed by atoms with E-state index in [1.807, 2.05) is 12.1 Å². The second-order valence-corrected chi connectivity index (χ2v) is 4.59. The van der Waals surface area contributed by atoms with Gasteiger partial charge >= 0.3 is 0 Å². The molecule has 1 aromatic carbocycles. The van der Waals surface area contributed by atoms with Gasteiger partial charge in [0, 0.05) is 18.4 Å². The number of aromatic nitrogens is 1. The average Bonchev–Trinajstić information content (AvgIpc) is 2.28. The summed E-state index contributed by atoms with van der Waals surface area (Å²) in [5.74, 6) is 0. The number of benzene rings is 1. The van der Waals surface area contributed by atoms with E-state index in [4.69, 9.17) is 5.73 Å². The zero-order valence-electron chi connectivity index (χ0n) is 10.4. The number of hydrogen-bond acceptors (Lipinski definition) is 2. The molecule has 2 heteroatoms. The summed E-state index contributed by atoms with van der Waals surface area (Å²) in [4.78, 5) is 4.01. The molecule has 1 aromatic heterocycles. The Hall–Kier alpha value is -1.67. The van der Waals surface area contributed by atoms with Crippen LogP contribution in [0.1, 0.15) is 28.3 Å². The van der Waals surface area contributed by atoms with Gasteiger partial charge < -0.3 is 5.73 Å². The highest BCUT2D eigenvalue weighted by Gasteiger charge is 2.07. The molecular weight excluding hydrogens is 208 g/mol. The standard InChI is InChI=1S/C15H18N2/c1-11-7-12(2)9-13(8-11)10-15(16)14-3-5-17-6-4-14/h3-9,15H,10,16H2,1-2H3. The maximum Gasteiger partial charge on any atom is 0.0336 e. The van der Waals surface area contributed by atoms with Gasteiger partial charge in [-0.3, -0.25) is 4.98 Å². The molecular formula is C15H18N2. The molecule has 0 aliphatic heterocycles. The van der Waals surface area contributed by atoms with Gasteiger partial charge in [-0.2, -0.15) is 0 Å². The van der Waals surface area contributed by atoms with Gasteiger partial charge in [0.25, 0.3) is 0 Å². The Balaban J connectivity index is 2.16. The Morgan fingerprint density at radius 3 is 2.24 bits per heavy atom. The van der Waals surface area contributed by atoms with E-state index >= 15 is 0 Å². The summed E-state index contributed by atoms with van der Waals surface area (Å²) in [6.45, 7) is 4.24. The van der Waals surface area contributed by atoms with E-state index in [9.17, 15) is 0 Å². The minimum Gasteiger partial charge on any atom is -0.324 e. The number of nitrogens with two attached hydrogens (primary N) is 1. The van der Waals surface area contributed by atoms with Crippen LogP contribution in [0, 0.1) is 13.8 Å². The van der Waals surface area contributed by atoms with Gasteiger partial charge in [-0.25, -0.2) is 0 Å². The molecule has 1 atom stereocenters. The number of pyridine rings is 1. The van der Waals surface area contributed by atoms with Gasteiger partial charge in [0.05, 0.1) is 0 Å². The van der Waals surface area contributed by atoms with Crippen LogP contribution in [0.2, 0.25) is 0 Å². The molecule has 2 N–H and O–H groups in total. The molecule has 0 saturated carbocycles. The third kappa shape index (κ3) is 3.14. The van der Waals surface area contributed by atoms with Gasteiger partial charge in [0.2, 0.25) is 0 Å². The van der Waals surface area contributed by atoms with Gasteiger partial charge in [-0.1, -0.05) is 29.3 Å². The fourth-order valence-electron chi connectivity index (χ4n) is 2.17. The van der Waals surface area contributed by atoms with Gasteiger partial charge in [0.15, 0.2) is 0 Å². The predicted molar refractivity (Wildman–Crippen MR) is 70.8 cm³/mol. The zero-order chi connectivity index (χ0) is 12.3. The van der Waals surface area contributed by atoms with Crippen LogP contribution in [-0.4, -0.2) is 4.98 Å². The first-order chi connectivity index (χ1) is 8.15. The van der Waals surface area contributed by atoms with Crippen molar-refractivity contribution < 1.29 is 0 Å².